The van der Waals surface area contributed by atoms with Gasteiger partial charge in [-0.25, -0.2) is 9.97 Å². The number of aromatic nitrogens is 4. The Hall–Kier alpha value is -7.56. The zero-order valence-electron chi connectivity index (χ0n) is 32.6. The van der Waals surface area contributed by atoms with Crippen LogP contribution in [0.15, 0.2) is 182 Å². The Kier molecular flexibility index (Phi) is 6.48. The SMILES string of the molecule is CC1(C)c2ccccc2-c2ccc(-c3ccc4cc(-c5cc6c7ccccc7n(-c7nc8ccccc8c8nc9ccccc9n78)c6c6ccccc56)ccc4c3)cc21. The summed E-state index contributed by atoms with van der Waals surface area (Å²) in [5.74, 6) is 0.828. The summed E-state index contributed by atoms with van der Waals surface area (Å²) >= 11 is 0. The largest absolute Gasteiger partial charge is 0.278 e. The Labute approximate surface area is 340 Å². The fourth-order valence-electron chi connectivity index (χ4n) is 10.2. The maximum absolute atomic E-state index is 5.44. The van der Waals surface area contributed by atoms with Crippen LogP contribution in [0.4, 0.5) is 0 Å². The molecule has 1 aliphatic carbocycles. The number of rotatable bonds is 3. The van der Waals surface area contributed by atoms with E-state index in [1.54, 1.807) is 0 Å². The number of imidazole rings is 1. The van der Waals surface area contributed by atoms with Gasteiger partial charge in [-0.15, -0.1) is 0 Å². The van der Waals surface area contributed by atoms with E-state index in [4.69, 9.17) is 9.97 Å². The number of para-hydroxylation sites is 4. The highest BCUT2D eigenvalue weighted by molar-refractivity contribution is 6.22. The minimum atomic E-state index is -0.0318. The van der Waals surface area contributed by atoms with Gasteiger partial charge in [0.1, 0.15) is 5.65 Å². The monoisotopic (exact) mass is 752 g/mol. The van der Waals surface area contributed by atoms with Crippen molar-refractivity contribution in [3.05, 3.63) is 193 Å². The van der Waals surface area contributed by atoms with E-state index in [0.29, 0.717) is 0 Å². The lowest BCUT2D eigenvalue weighted by molar-refractivity contribution is 0.660. The Bertz CT molecular complexity index is 3770. The van der Waals surface area contributed by atoms with Crippen molar-refractivity contribution < 1.29 is 0 Å². The summed E-state index contributed by atoms with van der Waals surface area (Å²) in [6.45, 7) is 4.70. The zero-order valence-corrected chi connectivity index (χ0v) is 32.6. The number of hydrogen-bond donors (Lipinski definition) is 0. The quantitative estimate of drug-likeness (QED) is 0.180. The topological polar surface area (TPSA) is 35.1 Å². The molecule has 0 aliphatic heterocycles. The number of nitrogens with zero attached hydrogens (tertiary/aromatic N) is 4. The Balaban J connectivity index is 1.00. The molecule has 0 saturated carbocycles. The molecule has 0 fully saturated rings. The molecule has 276 valence electrons. The van der Waals surface area contributed by atoms with Gasteiger partial charge >= 0.3 is 0 Å². The first kappa shape index (κ1) is 32.5. The average molecular weight is 753 g/mol. The smallest absolute Gasteiger partial charge is 0.221 e. The minimum Gasteiger partial charge on any atom is -0.278 e. The van der Waals surface area contributed by atoms with Gasteiger partial charge in [-0.05, 0) is 115 Å². The molecule has 0 unspecified atom stereocenters. The third kappa shape index (κ3) is 4.49. The highest BCUT2D eigenvalue weighted by Crippen LogP contribution is 2.50. The molecule has 9 aromatic carbocycles. The normalized spacial score (nSPS) is 13.4. The Morgan fingerprint density at radius 1 is 0.407 bits per heavy atom. The van der Waals surface area contributed by atoms with Crippen LogP contribution in [0.25, 0.3) is 110 Å². The van der Waals surface area contributed by atoms with E-state index in [2.05, 4.69) is 205 Å². The van der Waals surface area contributed by atoms with Crippen molar-refractivity contribution in [3.63, 3.8) is 0 Å². The lowest BCUT2D eigenvalue weighted by Gasteiger charge is -2.22. The minimum absolute atomic E-state index is 0.0318. The number of hydrogen-bond acceptors (Lipinski definition) is 2. The molecule has 0 spiro atoms. The van der Waals surface area contributed by atoms with Crippen LogP contribution in [0.1, 0.15) is 25.0 Å². The first-order chi connectivity index (χ1) is 29.0. The Morgan fingerprint density at radius 2 is 1.02 bits per heavy atom. The molecule has 0 amide bonds. The molecule has 59 heavy (non-hydrogen) atoms. The second-order valence-electron chi connectivity index (χ2n) is 16.6. The van der Waals surface area contributed by atoms with Crippen molar-refractivity contribution >= 4 is 70.9 Å². The lowest BCUT2D eigenvalue weighted by Crippen LogP contribution is -2.14. The van der Waals surface area contributed by atoms with Crippen molar-refractivity contribution in [1.29, 1.82) is 0 Å². The molecule has 3 aromatic heterocycles. The fourth-order valence-corrected chi connectivity index (χ4v) is 10.2. The van der Waals surface area contributed by atoms with Crippen LogP contribution < -0.4 is 0 Å². The number of fused-ring (bicyclic) bond motifs is 14. The highest BCUT2D eigenvalue weighted by atomic mass is 15.2. The maximum atomic E-state index is 5.44. The van der Waals surface area contributed by atoms with Crippen molar-refractivity contribution in [2.75, 3.05) is 0 Å². The van der Waals surface area contributed by atoms with Gasteiger partial charge < -0.3 is 0 Å². The lowest BCUT2D eigenvalue weighted by atomic mass is 9.81. The van der Waals surface area contributed by atoms with Gasteiger partial charge in [0.05, 0.1) is 27.6 Å². The third-order valence-electron chi connectivity index (χ3n) is 13.1. The first-order valence-electron chi connectivity index (χ1n) is 20.4. The van der Waals surface area contributed by atoms with E-state index in [9.17, 15) is 0 Å². The molecule has 4 nitrogen and oxygen atoms in total. The molecule has 0 bridgehead atoms. The van der Waals surface area contributed by atoms with E-state index in [-0.39, 0.29) is 5.41 Å². The predicted octanol–water partition coefficient (Wildman–Crippen LogP) is 14.1. The van der Waals surface area contributed by atoms with Gasteiger partial charge in [0.25, 0.3) is 0 Å². The molecule has 13 rings (SSSR count). The van der Waals surface area contributed by atoms with E-state index in [0.717, 1.165) is 44.6 Å². The van der Waals surface area contributed by atoms with Crippen LogP contribution in [-0.2, 0) is 5.41 Å². The summed E-state index contributed by atoms with van der Waals surface area (Å²) < 4.78 is 4.61. The number of benzene rings is 9. The van der Waals surface area contributed by atoms with Gasteiger partial charge in [-0.1, -0.05) is 141 Å². The standard InChI is InChI=1S/C55H36N4/c1-55(2)46-18-8-5-14-39(46)40-28-27-36(31-47(40)55)34-23-24-35-30-37(26-25-33(35)29-34)44-32-45-41-15-7-11-21-50(41)58(52(45)42-16-4-3-13-38(42)44)54-57-48-19-9-6-17-43(48)53-56-49-20-10-12-22-51(49)59(53)54/h3-32H,1-2H3. The average Bonchev–Trinajstić information content (AvgIpc) is 3.92. The highest BCUT2D eigenvalue weighted by Gasteiger charge is 2.35. The third-order valence-corrected chi connectivity index (χ3v) is 13.1. The van der Waals surface area contributed by atoms with Gasteiger partial charge in [0, 0.05) is 27.0 Å². The van der Waals surface area contributed by atoms with Crippen molar-refractivity contribution in [2.24, 2.45) is 0 Å². The second-order valence-corrected chi connectivity index (χ2v) is 16.6. The molecule has 1 aliphatic rings. The summed E-state index contributed by atoms with van der Waals surface area (Å²) in [6.07, 6.45) is 0. The van der Waals surface area contributed by atoms with Crippen LogP contribution in [0.3, 0.4) is 0 Å². The van der Waals surface area contributed by atoms with Crippen molar-refractivity contribution in [2.45, 2.75) is 19.3 Å². The summed E-state index contributed by atoms with van der Waals surface area (Å²) in [5, 5.41) is 8.25. The summed E-state index contributed by atoms with van der Waals surface area (Å²) in [4.78, 5) is 10.6. The molecule has 3 heterocycles. The maximum Gasteiger partial charge on any atom is 0.221 e. The summed E-state index contributed by atoms with van der Waals surface area (Å²) in [5.41, 5.74) is 16.4. The van der Waals surface area contributed by atoms with Crippen LogP contribution in [0.2, 0.25) is 0 Å². The van der Waals surface area contributed by atoms with E-state index >= 15 is 0 Å². The predicted molar refractivity (Wildman–Crippen MR) is 246 cm³/mol. The summed E-state index contributed by atoms with van der Waals surface area (Å²) in [7, 11) is 0. The molecule has 0 saturated heterocycles. The van der Waals surface area contributed by atoms with Crippen LogP contribution in [-0.4, -0.2) is 18.9 Å². The molecule has 4 heteroatoms. The van der Waals surface area contributed by atoms with Crippen LogP contribution in [0.5, 0.6) is 0 Å². The first-order valence-corrected chi connectivity index (χ1v) is 20.4. The molecule has 0 atom stereocenters. The van der Waals surface area contributed by atoms with E-state index in [1.165, 1.54) is 76.8 Å². The van der Waals surface area contributed by atoms with Gasteiger partial charge in [0.15, 0.2) is 0 Å². The zero-order chi connectivity index (χ0) is 39.0. The molecule has 12 aromatic rings. The van der Waals surface area contributed by atoms with Gasteiger partial charge in [-0.3, -0.25) is 8.97 Å². The Morgan fingerprint density at radius 3 is 1.86 bits per heavy atom. The van der Waals surface area contributed by atoms with Crippen molar-refractivity contribution in [1.82, 2.24) is 18.9 Å². The second kappa shape index (κ2) is 11.7. The van der Waals surface area contributed by atoms with E-state index in [1.807, 2.05) is 0 Å². The molecular formula is C55H36N4. The van der Waals surface area contributed by atoms with Gasteiger partial charge in [-0.2, -0.15) is 0 Å². The van der Waals surface area contributed by atoms with Gasteiger partial charge in [0.2, 0.25) is 5.95 Å². The van der Waals surface area contributed by atoms with Crippen molar-refractivity contribution in [3.8, 4) is 39.3 Å². The van der Waals surface area contributed by atoms with Crippen LogP contribution in [0, 0.1) is 0 Å². The van der Waals surface area contributed by atoms with E-state index < -0.39 is 0 Å². The molecular weight excluding hydrogens is 717 g/mol. The molecule has 0 radical (unpaired) electrons. The fraction of sp³-hybridized carbons (Fsp3) is 0.0545. The summed E-state index contributed by atoms with van der Waals surface area (Å²) in [6, 6.07) is 66.5. The molecule has 0 N–H and O–H groups in total. The van der Waals surface area contributed by atoms with Crippen LogP contribution >= 0.6 is 0 Å².